The molecule has 0 saturated carbocycles. The van der Waals surface area contributed by atoms with Gasteiger partial charge in [-0.3, -0.25) is 20.0 Å². The topological polar surface area (TPSA) is 83.4 Å². The Morgan fingerprint density at radius 1 is 1.03 bits per heavy atom. The van der Waals surface area contributed by atoms with E-state index in [4.69, 9.17) is 9.15 Å². The van der Waals surface area contributed by atoms with E-state index in [0.29, 0.717) is 23.6 Å². The largest absolute Gasteiger partial charge is 0.489 e. The smallest absolute Gasteiger partial charge is 0.271 e. The third-order valence-electron chi connectivity index (χ3n) is 4.75. The lowest BCUT2D eigenvalue weighted by Gasteiger charge is -2.08. The summed E-state index contributed by atoms with van der Waals surface area (Å²) in [4.78, 5) is 16.8. The third-order valence-corrected chi connectivity index (χ3v) is 4.75. The number of nitrogens with zero attached hydrogens (tertiary/aromatic N) is 1. The number of aromatic nitrogens is 2. The molecule has 1 aliphatic heterocycles. The maximum absolute atomic E-state index is 12.3. The van der Waals surface area contributed by atoms with Crippen LogP contribution < -0.4 is 10.3 Å². The van der Waals surface area contributed by atoms with Gasteiger partial charge in [-0.2, -0.15) is 0 Å². The van der Waals surface area contributed by atoms with E-state index in [1.807, 2.05) is 54.6 Å². The molecule has 2 N–H and O–H groups in total. The molecule has 4 aromatic rings. The van der Waals surface area contributed by atoms with Crippen LogP contribution in [0.4, 0.5) is 5.69 Å². The lowest BCUT2D eigenvalue weighted by atomic mass is 10.0. The van der Waals surface area contributed by atoms with E-state index in [9.17, 15) is 4.79 Å². The molecule has 0 saturated heterocycles. The zero-order chi connectivity index (χ0) is 19.6. The second-order valence-corrected chi connectivity index (χ2v) is 6.66. The van der Waals surface area contributed by atoms with Gasteiger partial charge in [0.05, 0.1) is 17.5 Å². The van der Waals surface area contributed by atoms with Gasteiger partial charge in [0, 0.05) is 17.4 Å². The van der Waals surface area contributed by atoms with E-state index in [1.54, 1.807) is 24.6 Å². The number of allylic oxidation sites excluding steroid dienone is 1. The van der Waals surface area contributed by atoms with Crippen LogP contribution in [0.5, 0.6) is 5.75 Å². The second kappa shape index (κ2) is 7.16. The summed E-state index contributed by atoms with van der Waals surface area (Å²) in [5.41, 5.74) is 4.57. The molecular weight excluding hydrogens is 366 g/mol. The van der Waals surface area contributed by atoms with Crippen LogP contribution in [-0.2, 0) is 6.61 Å². The van der Waals surface area contributed by atoms with Crippen LogP contribution in [-0.4, -0.2) is 16.4 Å². The molecule has 0 spiro atoms. The van der Waals surface area contributed by atoms with Crippen molar-refractivity contribution in [2.45, 2.75) is 6.61 Å². The molecule has 0 fully saturated rings. The van der Waals surface area contributed by atoms with E-state index in [2.05, 4.69) is 15.2 Å². The number of aliphatic imine (C=N–C) groups is 1. The van der Waals surface area contributed by atoms with Crippen LogP contribution in [0.3, 0.4) is 0 Å². The molecule has 142 valence electrons. The number of rotatable bonds is 5. The molecule has 6 nitrogen and oxygen atoms in total. The van der Waals surface area contributed by atoms with Crippen molar-refractivity contribution in [3.05, 3.63) is 94.0 Å². The summed E-state index contributed by atoms with van der Waals surface area (Å²) in [5.74, 6) is 1.34. The lowest BCUT2D eigenvalue weighted by Crippen LogP contribution is -2.02. The predicted octanol–water partition coefficient (Wildman–Crippen LogP) is 4.80. The first-order valence-electron chi connectivity index (χ1n) is 9.19. The fraction of sp³-hybridized carbons (Fsp3) is 0.0435. The van der Waals surface area contributed by atoms with Crippen LogP contribution in [0, 0.1) is 0 Å². The number of nitrogens with one attached hydrogen (secondary N) is 2. The van der Waals surface area contributed by atoms with Gasteiger partial charge in [-0.25, -0.2) is 0 Å². The Morgan fingerprint density at radius 3 is 2.76 bits per heavy atom. The van der Waals surface area contributed by atoms with E-state index in [0.717, 1.165) is 28.1 Å². The van der Waals surface area contributed by atoms with Crippen molar-refractivity contribution in [1.82, 2.24) is 10.2 Å². The van der Waals surface area contributed by atoms with Crippen LogP contribution in [0.25, 0.3) is 23.1 Å². The Kier molecular flexibility index (Phi) is 4.22. The molecular formula is C23H17N3O3. The summed E-state index contributed by atoms with van der Waals surface area (Å²) in [6.45, 7) is 0.486. The molecule has 0 radical (unpaired) electrons. The Hall–Kier alpha value is -4.06. The van der Waals surface area contributed by atoms with Crippen LogP contribution in [0.2, 0.25) is 0 Å². The number of hydrogen-bond acceptors (Lipinski definition) is 4. The van der Waals surface area contributed by atoms with Gasteiger partial charge >= 0.3 is 0 Å². The number of H-pyrrole nitrogens is 2. The average molecular weight is 383 g/mol. The SMILES string of the molecule is O=c1[nH][nH]c(-c2ccco2)c1/C=C1\C=Nc2ccc(OCc3ccccc3)cc21. The third kappa shape index (κ3) is 3.32. The zero-order valence-electron chi connectivity index (χ0n) is 15.4. The van der Waals surface area contributed by atoms with Crippen molar-refractivity contribution >= 4 is 23.6 Å². The molecule has 0 aliphatic carbocycles. The molecule has 3 heterocycles. The van der Waals surface area contributed by atoms with E-state index < -0.39 is 0 Å². The minimum Gasteiger partial charge on any atom is -0.489 e. The first-order valence-corrected chi connectivity index (χ1v) is 9.19. The Morgan fingerprint density at radius 2 is 1.93 bits per heavy atom. The summed E-state index contributed by atoms with van der Waals surface area (Å²) in [5, 5.41) is 5.50. The minimum absolute atomic E-state index is 0.220. The molecule has 6 heteroatoms. The number of ether oxygens (including phenoxy) is 1. The first-order chi connectivity index (χ1) is 14.3. The number of fused-ring (bicyclic) bond motifs is 1. The van der Waals surface area contributed by atoms with E-state index >= 15 is 0 Å². The van der Waals surface area contributed by atoms with Gasteiger partial charge in [0.2, 0.25) is 0 Å². The van der Waals surface area contributed by atoms with Crippen molar-refractivity contribution in [2.24, 2.45) is 4.99 Å². The average Bonchev–Trinajstić information content (AvgIpc) is 3.49. The number of benzene rings is 2. The highest BCUT2D eigenvalue weighted by Crippen LogP contribution is 2.36. The maximum atomic E-state index is 12.3. The van der Waals surface area contributed by atoms with Gasteiger partial charge in [-0.1, -0.05) is 30.3 Å². The predicted molar refractivity (Wildman–Crippen MR) is 112 cm³/mol. The van der Waals surface area contributed by atoms with E-state index in [-0.39, 0.29) is 5.56 Å². The molecule has 0 amide bonds. The van der Waals surface area contributed by atoms with Crippen LogP contribution >= 0.6 is 0 Å². The highest BCUT2D eigenvalue weighted by Gasteiger charge is 2.17. The van der Waals surface area contributed by atoms with Gasteiger partial charge in [-0.15, -0.1) is 0 Å². The molecule has 1 aliphatic rings. The van der Waals surface area contributed by atoms with Gasteiger partial charge in [0.15, 0.2) is 5.76 Å². The maximum Gasteiger partial charge on any atom is 0.271 e. The molecule has 5 rings (SSSR count). The highest BCUT2D eigenvalue weighted by atomic mass is 16.5. The molecule has 2 aromatic carbocycles. The summed E-state index contributed by atoms with van der Waals surface area (Å²) in [6.07, 6.45) is 5.13. The Labute approximate surface area is 166 Å². The molecule has 2 aromatic heterocycles. The number of hydrogen-bond donors (Lipinski definition) is 2. The summed E-state index contributed by atoms with van der Waals surface area (Å²) < 4.78 is 11.4. The fourth-order valence-corrected chi connectivity index (χ4v) is 3.29. The minimum atomic E-state index is -0.220. The van der Waals surface area contributed by atoms with Crippen molar-refractivity contribution < 1.29 is 9.15 Å². The monoisotopic (exact) mass is 383 g/mol. The number of furan rings is 1. The highest BCUT2D eigenvalue weighted by molar-refractivity contribution is 6.21. The van der Waals surface area contributed by atoms with Gasteiger partial charge in [0.1, 0.15) is 18.1 Å². The van der Waals surface area contributed by atoms with Crippen molar-refractivity contribution in [1.29, 1.82) is 0 Å². The normalized spacial score (nSPS) is 13.7. The summed E-state index contributed by atoms with van der Waals surface area (Å²) in [7, 11) is 0. The van der Waals surface area contributed by atoms with Gasteiger partial charge in [-0.05, 0) is 42.0 Å². The fourth-order valence-electron chi connectivity index (χ4n) is 3.29. The van der Waals surface area contributed by atoms with E-state index in [1.165, 1.54) is 0 Å². The quantitative estimate of drug-likeness (QED) is 0.519. The standard InChI is InChI=1S/C23H17N3O3/c27-23-19(22(25-26-23)21-7-4-10-28-21)11-16-13-24-20-9-8-17(12-18(16)20)29-14-15-5-2-1-3-6-15/h1-13H,14H2,(H2,25,26,27)/b16-11+. The Balaban J connectivity index is 1.46. The lowest BCUT2D eigenvalue weighted by molar-refractivity contribution is 0.306. The summed E-state index contributed by atoms with van der Waals surface area (Å²) >= 11 is 0. The van der Waals surface area contributed by atoms with Crippen molar-refractivity contribution in [3.63, 3.8) is 0 Å². The number of aromatic amines is 2. The first kappa shape index (κ1) is 17.1. The van der Waals surface area contributed by atoms with Crippen LogP contribution in [0.15, 0.2) is 81.1 Å². The van der Waals surface area contributed by atoms with Gasteiger partial charge in [0.25, 0.3) is 5.56 Å². The summed E-state index contributed by atoms with van der Waals surface area (Å²) in [6, 6.07) is 19.3. The molecule has 0 bridgehead atoms. The molecule has 0 atom stereocenters. The molecule has 29 heavy (non-hydrogen) atoms. The van der Waals surface area contributed by atoms with Crippen molar-refractivity contribution in [2.75, 3.05) is 0 Å². The van der Waals surface area contributed by atoms with Crippen LogP contribution in [0.1, 0.15) is 16.7 Å². The Bertz CT molecular complexity index is 1260. The molecule has 0 unspecified atom stereocenters. The van der Waals surface area contributed by atoms with Gasteiger partial charge < -0.3 is 9.15 Å². The van der Waals surface area contributed by atoms with Crippen molar-refractivity contribution in [3.8, 4) is 17.2 Å². The zero-order valence-corrected chi connectivity index (χ0v) is 15.4. The second-order valence-electron chi connectivity index (χ2n) is 6.66.